The van der Waals surface area contributed by atoms with Gasteiger partial charge in [0.1, 0.15) is 17.3 Å². The standard InChI is InChI=1S/C28H25NO7/c1-16(2)36-21-6-4-5-17(13-21)25-24(26(30)18-7-12-22-23(14-18)35-15-34-22)27(31)28(32)29(25)19-8-10-20(33-3)11-9-19/h4-14,16,25,30H,15H2,1-3H3/b26-24-. The average Bonchev–Trinajstić information content (AvgIpc) is 3.45. The number of carbonyl (C=O) groups is 2. The van der Waals surface area contributed by atoms with E-state index >= 15 is 0 Å². The van der Waals surface area contributed by atoms with E-state index in [2.05, 4.69) is 0 Å². The van der Waals surface area contributed by atoms with Crippen molar-refractivity contribution in [2.75, 3.05) is 18.8 Å². The maximum Gasteiger partial charge on any atom is 0.300 e. The van der Waals surface area contributed by atoms with Crippen LogP contribution in [0.15, 0.2) is 72.3 Å². The van der Waals surface area contributed by atoms with Crippen molar-refractivity contribution in [1.82, 2.24) is 0 Å². The number of rotatable bonds is 6. The SMILES string of the molecule is COc1ccc(N2C(=O)C(=O)/C(=C(\O)c3ccc4c(c3)OCO4)C2c2cccc(OC(C)C)c2)cc1. The van der Waals surface area contributed by atoms with Crippen molar-refractivity contribution >= 4 is 23.1 Å². The van der Waals surface area contributed by atoms with E-state index in [1.165, 1.54) is 4.90 Å². The van der Waals surface area contributed by atoms with E-state index in [0.717, 1.165) is 0 Å². The Kier molecular flexibility index (Phi) is 6.01. The number of amides is 1. The number of anilines is 1. The molecule has 1 fully saturated rings. The number of Topliss-reactive ketones (excluding diaryl/α,β-unsaturated/α-hetero) is 1. The van der Waals surface area contributed by atoms with Crippen LogP contribution >= 0.6 is 0 Å². The van der Waals surface area contributed by atoms with Crippen molar-refractivity contribution in [3.63, 3.8) is 0 Å². The molecule has 3 aromatic carbocycles. The van der Waals surface area contributed by atoms with E-state index in [-0.39, 0.29) is 24.2 Å². The highest BCUT2D eigenvalue weighted by molar-refractivity contribution is 6.51. The summed E-state index contributed by atoms with van der Waals surface area (Å²) in [5, 5.41) is 11.4. The number of ether oxygens (including phenoxy) is 4. The van der Waals surface area contributed by atoms with E-state index in [4.69, 9.17) is 18.9 Å². The van der Waals surface area contributed by atoms with Crippen LogP contribution in [0.1, 0.15) is 31.0 Å². The number of hydrogen-bond donors (Lipinski definition) is 1. The predicted octanol–water partition coefficient (Wildman–Crippen LogP) is 4.84. The highest BCUT2D eigenvalue weighted by Crippen LogP contribution is 2.44. The first-order valence-corrected chi connectivity index (χ1v) is 11.5. The lowest BCUT2D eigenvalue weighted by molar-refractivity contribution is -0.132. The second-order valence-electron chi connectivity index (χ2n) is 8.67. The summed E-state index contributed by atoms with van der Waals surface area (Å²) in [4.78, 5) is 28.1. The Morgan fingerprint density at radius 2 is 1.72 bits per heavy atom. The lowest BCUT2D eigenvalue weighted by Crippen LogP contribution is -2.29. The van der Waals surface area contributed by atoms with E-state index < -0.39 is 17.7 Å². The minimum absolute atomic E-state index is 0.0311. The van der Waals surface area contributed by atoms with Crippen LogP contribution in [0.4, 0.5) is 5.69 Å². The molecule has 0 radical (unpaired) electrons. The molecule has 1 N–H and O–H groups in total. The highest BCUT2D eigenvalue weighted by Gasteiger charge is 2.47. The molecule has 0 spiro atoms. The van der Waals surface area contributed by atoms with Gasteiger partial charge in [0.05, 0.1) is 24.8 Å². The molecule has 3 aromatic rings. The summed E-state index contributed by atoms with van der Waals surface area (Å²) in [6.07, 6.45) is -0.0677. The van der Waals surface area contributed by atoms with Crippen molar-refractivity contribution < 1.29 is 33.6 Å². The van der Waals surface area contributed by atoms with Gasteiger partial charge in [-0.25, -0.2) is 0 Å². The largest absolute Gasteiger partial charge is 0.507 e. The second-order valence-corrected chi connectivity index (χ2v) is 8.67. The minimum atomic E-state index is -0.889. The Morgan fingerprint density at radius 3 is 2.44 bits per heavy atom. The van der Waals surface area contributed by atoms with Crippen LogP contribution in [0.25, 0.3) is 5.76 Å². The van der Waals surface area contributed by atoms with Gasteiger partial charge in [0.15, 0.2) is 11.5 Å². The van der Waals surface area contributed by atoms with Gasteiger partial charge >= 0.3 is 0 Å². The number of aliphatic hydroxyl groups is 1. The van der Waals surface area contributed by atoms with Gasteiger partial charge in [0, 0.05) is 11.3 Å². The van der Waals surface area contributed by atoms with Crippen molar-refractivity contribution in [1.29, 1.82) is 0 Å². The van der Waals surface area contributed by atoms with Crippen LogP contribution in [-0.4, -0.2) is 36.8 Å². The van der Waals surface area contributed by atoms with Crippen LogP contribution in [0.5, 0.6) is 23.0 Å². The quantitative estimate of drug-likeness (QED) is 0.302. The molecule has 1 amide bonds. The zero-order valence-corrected chi connectivity index (χ0v) is 20.1. The Balaban J connectivity index is 1.68. The predicted molar refractivity (Wildman–Crippen MR) is 133 cm³/mol. The molecule has 2 heterocycles. The van der Waals surface area contributed by atoms with Crippen LogP contribution in [0.3, 0.4) is 0 Å². The third-order valence-electron chi connectivity index (χ3n) is 5.99. The maximum atomic E-state index is 13.4. The number of methoxy groups -OCH3 is 1. The molecule has 1 unspecified atom stereocenters. The maximum absolute atomic E-state index is 13.4. The molecule has 2 aliphatic heterocycles. The molecule has 0 saturated carbocycles. The summed E-state index contributed by atoms with van der Waals surface area (Å²) in [7, 11) is 1.55. The minimum Gasteiger partial charge on any atom is -0.507 e. The first-order chi connectivity index (χ1) is 17.4. The molecule has 0 bridgehead atoms. The molecule has 5 rings (SSSR count). The molecule has 1 atom stereocenters. The zero-order valence-electron chi connectivity index (χ0n) is 20.1. The van der Waals surface area contributed by atoms with E-state index in [1.54, 1.807) is 73.8 Å². The molecule has 1 saturated heterocycles. The fourth-order valence-corrected chi connectivity index (χ4v) is 4.39. The number of carbonyl (C=O) groups excluding carboxylic acids is 2. The lowest BCUT2D eigenvalue weighted by atomic mass is 9.94. The number of nitrogens with zero attached hydrogens (tertiary/aromatic N) is 1. The smallest absolute Gasteiger partial charge is 0.300 e. The number of benzene rings is 3. The zero-order chi connectivity index (χ0) is 25.4. The van der Waals surface area contributed by atoms with Crippen LogP contribution < -0.4 is 23.8 Å². The Morgan fingerprint density at radius 1 is 0.972 bits per heavy atom. The summed E-state index contributed by atoms with van der Waals surface area (Å²) in [6, 6.07) is 18.0. The van der Waals surface area contributed by atoms with Gasteiger partial charge in [0.2, 0.25) is 6.79 Å². The molecule has 8 nitrogen and oxygen atoms in total. The molecular formula is C28H25NO7. The fraction of sp³-hybridized carbons (Fsp3) is 0.214. The van der Waals surface area contributed by atoms with Crippen LogP contribution in [0.2, 0.25) is 0 Å². The fourth-order valence-electron chi connectivity index (χ4n) is 4.39. The topological polar surface area (TPSA) is 94.5 Å². The van der Waals surface area contributed by atoms with E-state index in [1.807, 2.05) is 13.8 Å². The summed E-state index contributed by atoms with van der Waals surface area (Å²) in [5.41, 5.74) is 1.41. The van der Waals surface area contributed by atoms with Crippen molar-refractivity contribution in [2.24, 2.45) is 0 Å². The number of fused-ring (bicyclic) bond motifs is 1. The molecule has 184 valence electrons. The van der Waals surface area contributed by atoms with Gasteiger partial charge in [-0.3, -0.25) is 14.5 Å². The van der Waals surface area contributed by atoms with E-state index in [0.29, 0.717) is 39.8 Å². The van der Waals surface area contributed by atoms with E-state index in [9.17, 15) is 14.7 Å². The number of hydrogen-bond acceptors (Lipinski definition) is 7. The van der Waals surface area contributed by atoms with Crippen molar-refractivity contribution in [3.05, 3.63) is 83.4 Å². The van der Waals surface area contributed by atoms with Crippen LogP contribution in [-0.2, 0) is 9.59 Å². The van der Waals surface area contributed by atoms with Crippen molar-refractivity contribution in [3.8, 4) is 23.0 Å². The Hall–Kier alpha value is -4.46. The van der Waals surface area contributed by atoms with Gasteiger partial charge in [-0.2, -0.15) is 0 Å². The normalized spacial score (nSPS) is 18.1. The van der Waals surface area contributed by atoms with Gasteiger partial charge < -0.3 is 24.1 Å². The van der Waals surface area contributed by atoms with Gasteiger partial charge in [0.25, 0.3) is 11.7 Å². The van der Waals surface area contributed by atoms with Gasteiger partial charge in [-0.05, 0) is 74.0 Å². The third kappa shape index (κ3) is 4.11. The molecule has 36 heavy (non-hydrogen) atoms. The lowest BCUT2D eigenvalue weighted by Gasteiger charge is -2.26. The number of aliphatic hydroxyl groups excluding tert-OH is 1. The Labute approximate surface area is 208 Å². The summed E-state index contributed by atoms with van der Waals surface area (Å²) in [5.74, 6) is 0.352. The first-order valence-electron chi connectivity index (χ1n) is 11.5. The number of ketones is 1. The highest BCUT2D eigenvalue weighted by atomic mass is 16.7. The molecule has 0 aromatic heterocycles. The summed E-state index contributed by atoms with van der Waals surface area (Å²) in [6.45, 7) is 3.90. The molecule has 2 aliphatic rings. The molecule has 0 aliphatic carbocycles. The van der Waals surface area contributed by atoms with Crippen molar-refractivity contribution in [2.45, 2.75) is 26.0 Å². The van der Waals surface area contributed by atoms with Gasteiger partial charge in [-0.1, -0.05) is 12.1 Å². The monoisotopic (exact) mass is 487 g/mol. The summed E-state index contributed by atoms with van der Waals surface area (Å²) >= 11 is 0. The van der Waals surface area contributed by atoms with Crippen LogP contribution in [0, 0.1) is 0 Å². The van der Waals surface area contributed by atoms with Gasteiger partial charge in [-0.15, -0.1) is 0 Å². The average molecular weight is 488 g/mol. The first kappa shape index (κ1) is 23.3. The second kappa shape index (κ2) is 9.30. The molecule has 8 heteroatoms. The third-order valence-corrected chi connectivity index (χ3v) is 5.99. The Bertz CT molecular complexity index is 1360. The molecular weight excluding hydrogens is 462 g/mol. The summed E-state index contributed by atoms with van der Waals surface area (Å²) < 4.78 is 21.9.